The molecule has 0 aliphatic carbocycles. The Morgan fingerprint density at radius 2 is 1.53 bits per heavy atom. The highest BCUT2D eigenvalue weighted by Gasteiger charge is 2.31. The van der Waals surface area contributed by atoms with Crippen LogP contribution in [0.3, 0.4) is 0 Å². The predicted molar refractivity (Wildman–Crippen MR) is 68.6 cm³/mol. The lowest BCUT2D eigenvalue weighted by molar-refractivity contribution is -0.137. The second-order valence-corrected chi connectivity index (χ2v) is 4.65. The van der Waals surface area contributed by atoms with E-state index >= 15 is 0 Å². The Morgan fingerprint density at radius 1 is 0.842 bits per heavy atom. The Morgan fingerprint density at radius 3 is 2.26 bits per heavy atom. The molecule has 0 bridgehead atoms. The zero-order valence-electron chi connectivity index (χ0n) is 10.1. The van der Waals surface area contributed by atoms with Crippen molar-refractivity contribution >= 4 is 11.4 Å². The maximum atomic E-state index is 12.7. The summed E-state index contributed by atoms with van der Waals surface area (Å²) in [6.45, 7) is 0. The van der Waals surface area contributed by atoms with Crippen molar-refractivity contribution in [2.75, 3.05) is 5.32 Å². The van der Waals surface area contributed by atoms with E-state index in [4.69, 9.17) is 0 Å². The molecular weight excluding hydrogens is 251 g/mol. The maximum Gasteiger partial charge on any atom is 0.416 e. The van der Waals surface area contributed by atoms with E-state index in [2.05, 4.69) is 5.32 Å². The first kappa shape index (κ1) is 12.1. The highest BCUT2D eigenvalue weighted by atomic mass is 19.4. The van der Waals surface area contributed by atoms with Crippen LogP contribution in [0.2, 0.25) is 0 Å². The van der Waals surface area contributed by atoms with E-state index in [-0.39, 0.29) is 0 Å². The van der Waals surface area contributed by atoms with Crippen LogP contribution >= 0.6 is 0 Å². The SMILES string of the molecule is FC(F)(F)c1ccc2c(c1)Nc1ccccc1CC2. The molecule has 98 valence electrons. The fourth-order valence-corrected chi connectivity index (χ4v) is 2.36. The van der Waals surface area contributed by atoms with Crippen LogP contribution in [0.15, 0.2) is 42.5 Å². The summed E-state index contributed by atoms with van der Waals surface area (Å²) in [5, 5.41) is 3.12. The third-order valence-corrected chi connectivity index (χ3v) is 3.39. The monoisotopic (exact) mass is 263 g/mol. The van der Waals surface area contributed by atoms with Gasteiger partial charge in [0.25, 0.3) is 0 Å². The lowest BCUT2D eigenvalue weighted by Crippen LogP contribution is -2.06. The van der Waals surface area contributed by atoms with Crippen LogP contribution in [0.5, 0.6) is 0 Å². The zero-order valence-corrected chi connectivity index (χ0v) is 10.1. The minimum Gasteiger partial charge on any atom is -0.355 e. The molecule has 2 aromatic rings. The standard InChI is InChI=1S/C15H12F3N/c16-15(17,18)12-8-7-11-6-5-10-3-1-2-4-13(10)19-14(11)9-12/h1-4,7-9,19H,5-6H2. The van der Waals surface area contributed by atoms with Gasteiger partial charge in [-0.1, -0.05) is 24.3 Å². The molecule has 0 radical (unpaired) electrons. The van der Waals surface area contributed by atoms with Crippen LogP contribution in [-0.4, -0.2) is 0 Å². The van der Waals surface area contributed by atoms with E-state index in [1.54, 1.807) is 6.07 Å². The molecule has 1 heterocycles. The van der Waals surface area contributed by atoms with Crippen molar-refractivity contribution in [1.82, 2.24) is 0 Å². The van der Waals surface area contributed by atoms with E-state index in [0.29, 0.717) is 5.69 Å². The van der Waals surface area contributed by atoms with Gasteiger partial charge in [-0.25, -0.2) is 0 Å². The van der Waals surface area contributed by atoms with E-state index in [0.717, 1.165) is 35.7 Å². The molecule has 0 unspecified atom stereocenters. The van der Waals surface area contributed by atoms with Crippen LogP contribution in [-0.2, 0) is 19.0 Å². The highest BCUT2D eigenvalue weighted by molar-refractivity contribution is 5.68. The van der Waals surface area contributed by atoms with Crippen LogP contribution in [0.25, 0.3) is 0 Å². The van der Waals surface area contributed by atoms with Crippen molar-refractivity contribution in [3.63, 3.8) is 0 Å². The first-order chi connectivity index (χ1) is 9.04. The first-order valence-corrected chi connectivity index (χ1v) is 6.09. The number of aryl methyl sites for hydroxylation is 2. The fraction of sp³-hybridized carbons (Fsp3) is 0.200. The highest BCUT2D eigenvalue weighted by Crippen LogP contribution is 2.35. The van der Waals surface area contributed by atoms with Gasteiger partial charge in [0.15, 0.2) is 0 Å². The van der Waals surface area contributed by atoms with Gasteiger partial charge in [-0.2, -0.15) is 13.2 Å². The molecule has 4 heteroatoms. The summed E-state index contributed by atoms with van der Waals surface area (Å²) in [6, 6.07) is 11.6. The van der Waals surface area contributed by atoms with Crippen molar-refractivity contribution in [2.24, 2.45) is 0 Å². The second-order valence-electron chi connectivity index (χ2n) is 4.65. The molecule has 1 aliphatic rings. The van der Waals surface area contributed by atoms with Crippen LogP contribution in [0.4, 0.5) is 24.5 Å². The average Bonchev–Trinajstić information content (AvgIpc) is 2.55. The average molecular weight is 263 g/mol. The van der Waals surface area contributed by atoms with E-state index in [1.807, 2.05) is 24.3 Å². The van der Waals surface area contributed by atoms with E-state index in [1.165, 1.54) is 6.07 Å². The van der Waals surface area contributed by atoms with E-state index < -0.39 is 11.7 Å². The molecule has 0 atom stereocenters. The third-order valence-electron chi connectivity index (χ3n) is 3.39. The topological polar surface area (TPSA) is 12.0 Å². The summed E-state index contributed by atoms with van der Waals surface area (Å²) in [4.78, 5) is 0. The predicted octanol–water partition coefficient (Wildman–Crippen LogP) is 4.55. The Balaban J connectivity index is 2.05. The zero-order chi connectivity index (χ0) is 13.5. The number of para-hydroxylation sites is 1. The molecule has 1 nitrogen and oxygen atoms in total. The fourth-order valence-electron chi connectivity index (χ4n) is 2.36. The Kier molecular flexibility index (Phi) is 2.73. The number of benzene rings is 2. The molecule has 0 fully saturated rings. The largest absolute Gasteiger partial charge is 0.416 e. The molecule has 0 amide bonds. The summed E-state index contributed by atoms with van der Waals surface area (Å²) in [7, 11) is 0. The maximum absolute atomic E-state index is 12.7. The van der Waals surface area contributed by atoms with Crippen LogP contribution < -0.4 is 5.32 Å². The molecule has 0 aromatic heterocycles. The van der Waals surface area contributed by atoms with Gasteiger partial charge in [0.1, 0.15) is 0 Å². The van der Waals surface area contributed by atoms with E-state index in [9.17, 15) is 13.2 Å². The minimum atomic E-state index is -4.30. The van der Waals surface area contributed by atoms with Crippen LogP contribution in [0.1, 0.15) is 16.7 Å². The Hall–Kier alpha value is -1.97. The number of rotatable bonds is 0. The molecule has 0 spiro atoms. The van der Waals surface area contributed by atoms with Gasteiger partial charge in [0.05, 0.1) is 5.56 Å². The van der Waals surface area contributed by atoms with Crippen molar-refractivity contribution in [2.45, 2.75) is 19.0 Å². The third kappa shape index (κ3) is 2.30. The number of anilines is 2. The summed E-state index contributed by atoms with van der Waals surface area (Å²) in [6.07, 6.45) is -2.72. The molecule has 2 aromatic carbocycles. The van der Waals surface area contributed by atoms with Gasteiger partial charge < -0.3 is 5.32 Å². The molecule has 0 saturated heterocycles. The van der Waals surface area contributed by atoms with Crippen molar-refractivity contribution in [3.8, 4) is 0 Å². The smallest absolute Gasteiger partial charge is 0.355 e. The number of hydrogen-bond donors (Lipinski definition) is 1. The summed E-state index contributed by atoms with van der Waals surface area (Å²) >= 11 is 0. The number of alkyl halides is 3. The van der Waals surface area contributed by atoms with Gasteiger partial charge in [-0.15, -0.1) is 0 Å². The van der Waals surface area contributed by atoms with Gasteiger partial charge in [-0.3, -0.25) is 0 Å². The van der Waals surface area contributed by atoms with Gasteiger partial charge >= 0.3 is 6.18 Å². The lowest BCUT2D eigenvalue weighted by atomic mass is 10.0. The number of halogens is 3. The number of fused-ring (bicyclic) bond motifs is 2. The summed E-state index contributed by atoms with van der Waals surface area (Å²) in [5.74, 6) is 0. The first-order valence-electron chi connectivity index (χ1n) is 6.09. The van der Waals surface area contributed by atoms with Gasteiger partial charge in [0, 0.05) is 11.4 Å². The summed E-state index contributed by atoms with van der Waals surface area (Å²) in [5.41, 5.74) is 2.88. The number of nitrogens with one attached hydrogen (secondary N) is 1. The Labute approximate surface area is 109 Å². The number of hydrogen-bond acceptors (Lipinski definition) is 1. The normalized spacial score (nSPS) is 14.1. The van der Waals surface area contributed by atoms with Crippen molar-refractivity contribution in [1.29, 1.82) is 0 Å². The van der Waals surface area contributed by atoms with Crippen molar-refractivity contribution in [3.05, 3.63) is 59.2 Å². The van der Waals surface area contributed by atoms with Crippen LogP contribution in [0, 0.1) is 0 Å². The molecule has 0 saturated carbocycles. The van der Waals surface area contributed by atoms with Gasteiger partial charge in [0.2, 0.25) is 0 Å². The van der Waals surface area contributed by atoms with Gasteiger partial charge in [-0.05, 0) is 42.2 Å². The summed E-state index contributed by atoms with van der Waals surface area (Å²) < 4.78 is 38.2. The molecule has 3 rings (SSSR count). The molecular formula is C15H12F3N. The second kappa shape index (κ2) is 4.30. The lowest BCUT2D eigenvalue weighted by Gasteiger charge is -2.13. The quantitative estimate of drug-likeness (QED) is 0.735. The molecule has 1 N–H and O–H groups in total. The Bertz CT molecular complexity index is 617. The molecule has 19 heavy (non-hydrogen) atoms. The molecule has 1 aliphatic heterocycles. The van der Waals surface area contributed by atoms with Crippen molar-refractivity contribution < 1.29 is 13.2 Å². The minimum absolute atomic E-state index is 0.555.